The molecule has 1 aliphatic rings. The minimum Gasteiger partial charge on any atom is -0.388 e. The summed E-state index contributed by atoms with van der Waals surface area (Å²) in [5.41, 5.74) is 3.45. The zero-order valence-electron chi connectivity index (χ0n) is 21.1. The molecule has 0 spiro atoms. The van der Waals surface area contributed by atoms with E-state index in [1.54, 1.807) is 6.07 Å². The highest BCUT2D eigenvalue weighted by Gasteiger charge is 2.32. The largest absolute Gasteiger partial charge is 0.388 e. The highest BCUT2D eigenvalue weighted by atomic mass is 35.5. The van der Waals surface area contributed by atoms with E-state index < -0.39 is 0 Å². The SMILES string of the molecule is CNc1ccc(-c2ccc(F)c(CN(C(=O)c3sc4ccccc4c3Cl)[C@H]3CC[C@H](NC)CC3)c2)cc1. The third-order valence-corrected chi connectivity index (χ3v) is 9.09. The number of anilines is 1. The standard InChI is InChI=1S/C30H31ClFN3OS/c1-33-22-10-7-19(8-11-22)20-9-16-26(32)21(17-20)18-35(24-14-12-23(34-2)13-15-24)30(36)29-28(31)25-5-3-4-6-27(25)37-29/h3-11,16-17,23-24,33-34H,12-15,18H2,1-2H3/t23-,24-. The topological polar surface area (TPSA) is 44.4 Å². The van der Waals surface area contributed by atoms with Crippen molar-refractivity contribution in [1.82, 2.24) is 10.2 Å². The van der Waals surface area contributed by atoms with Crippen molar-refractivity contribution in [1.29, 1.82) is 0 Å². The van der Waals surface area contributed by atoms with Crippen LogP contribution in [0.4, 0.5) is 10.1 Å². The molecule has 4 nitrogen and oxygen atoms in total. The first-order chi connectivity index (χ1) is 18.0. The molecule has 0 aliphatic heterocycles. The third kappa shape index (κ3) is 5.37. The van der Waals surface area contributed by atoms with E-state index >= 15 is 4.39 Å². The van der Waals surface area contributed by atoms with Gasteiger partial charge in [0.2, 0.25) is 0 Å². The molecule has 2 N–H and O–H groups in total. The van der Waals surface area contributed by atoms with Crippen molar-refractivity contribution < 1.29 is 9.18 Å². The Morgan fingerprint density at radius 3 is 2.38 bits per heavy atom. The third-order valence-electron chi connectivity index (χ3n) is 7.43. The predicted octanol–water partition coefficient (Wildman–Crippen LogP) is 7.58. The van der Waals surface area contributed by atoms with Crippen LogP contribution in [-0.2, 0) is 6.54 Å². The van der Waals surface area contributed by atoms with Crippen molar-refractivity contribution in [3.05, 3.63) is 88.0 Å². The Kier molecular flexibility index (Phi) is 7.79. The fourth-order valence-corrected chi connectivity index (χ4v) is 6.68. The van der Waals surface area contributed by atoms with Gasteiger partial charge in [0.05, 0.1) is 5.02 Å². The number of hydrogen-bond donors (Lipinski definition) is 2. The molecule has 192 valence electrons. The molecule has 0 unspecified atom stereocenters. The lowest BCUT2D eigenvalue weighted by atomic mass is 9.89. The first kappa shape index (κ1) is 25.7. The number of benzene rings is 3. The highest BCUT2D eigenvalue weighted by molar-refractivity contribution is 7.21. The molecule has 4 aromatic rings. The molecule has 1 aliphatic carbocycles. The number of carbonyl (C=O) groups is 1. The number of fused-ring (bicyclic) bond motifs is 1. The molecule has 0 saturated heterocycles. The normalized spacial score (nSPS) is 17.6. The van der Waals surface area contributed by atoms with Crippen LogP contribution in [-0.4, -0.2) is 37.0 Å². The van der Waals surface area contributed by atoms with Crippen molar-refractivity contribution >= 4 is 44.6 Å². The Morgan fingerprint density at radius 1 is 1.00 bits per heavy atom. The average Bonchev–Trinajstić information content (AvgIpc) is 3.29. The molecule has 37 heavy (non-hydrogen) atoms. The second-order valence-electron chi connectivity index (χ2n) is 9.60. The summed E-state index contributed by atoms with van der Waals surface area (Å²) in [5.74, 6) is -0.429. The molecule has 5 rings (SSSR count). The molecule has 1 heterocycles. The lowest BCUT2D eigenvalue weighted by Gasteiger charge is -2.37. The number of halogens is 2. The van der Waals surface area contributed by atoms with Crippen LogP contribution in [0.5, 0.6) is 0 Å². The minimum absolute atomic E-state index is 0.0244. The van der Waals surface area contributed by atoms with E-state index in [4.69, 9.17) is 11.6 Å². The molecule has 1 amide bonds. The van der Waals surface area contributed by atoms with Gasteiger partial charge in [-0.05, 0) is 74.2 Å². The second kappa shape index (κ2) is 11.2. The number of rotatable bonds is 7. The summed E-state index contributed by atoms with van der Waals surface area (Å²) in [6.07, 6.45) is 3.69. The summed E-state index contributed by atoms with van der Waals surface area (Å²) in [6.45, 7) is 0.201. The van der Waals surface area contributed by atoms with Gasteiger partial charge in [-0.2, -0.15) is 0 Å². The quantitative estimate of drug-likeness (QED) is 0.256. The van der Waals surface area contributed by atoms with Crippen LogP contribution in [0, 0.1) is 5.82 Å². The van der Waals surface area contributed by atoms with Crippen LogP contribution >= 0.6 is 22.9 Å². The lowest BCUT2D eigenvalue weighted by Crippen LogP contribution is -2.44. The maximum absolute atomic E-state index is 15.2. The van der Waals surface area contributed by atoms with Gasteiger partial charge in [-0.15, -0.1) is 11.3 Å². The van der Waals surface area contributed by atoms with Gasteiger partial charge in [0.15, 0.2) is 0 Å². The number of nitrogens with zero attached hydrogens (tertiary/aromatic N) is 1. The molecule has 3 aromatic carbocycles. The molecule has 7 heteroatoms. The Morgan fingerprint density at radius 2 is 1.70 bits per heavy atom. The van der Waals surface area contributed by atoms with Crippen molar-refractivity contribution in [3.63, 3.8) is 0 Å². The first-order valence-electron chi connectivity index (χ1n) is 12.7. The van der Waals surface area contributed by atoms with Crippen molar-refractivity contribution in [2.45, 2.75) is 44.3 Å². The molecular formula is C30H31ClFN3OS. The van der Waals surface area contributed by atoms with Crippen LogP contribution in [0.1, 0.15) is 40.9 Å². The molecule has 0 atom stereocenters. The van der Waals surface area contributed by atoms with E-state index in [9.17, 15) is 4.79 Å². The molecule has 1 saturated carbocycles. The fraction of sp³-hybridized carbons (Fsp3) is 0.300. The minimum atomic E-state index is -0.306. The smallest absolute Gasteiger partial charge is 0.266 e. The van der Waals surface area contributed by atoms with Crippen molar-refractivity contribution in [3.8, 4) is 11.1 Å². The first-order valence-corrected chi connectivity index (χ1v) is 13.9. The zero-order chi connectivity index (χ0) is 25.9. The van der Waals surface area contributed by atoms with Crippen LogP contribution in [0.2, 0.25) is 5.02 Å². The summed E-state index contributed by atoms with van der Waals surface area (Å²) >= 11 is 8.13. The second-order valence-corrected chi connectivity index (χ2v) is 11.0. The molecule has 1 aromatic heterocycles. The maximum atomic E-state index is 15.2. The predicted molar refractivity (Wildman–Crippen MR) is 153 cm³/mol. The number of amides is 1. The number of thiophene rings is 1. The maximum Gasteiger partial charge on any atom is 0.266 e. The molecular weight excluding hydrogens is 505 g/mol. The summed E-state index contributed by atoms with van der Waals surface area (Å²) < 4.78 is 16.2. The fourth-order valence-electron chi connectivity index (χ4n) is 5.21. The Balaban J connectivity index is 1.49. The van der Waals surface area contributed by atoms with E-state index in [0.717, 1.165) is 52.6 Å². The van der Waals surface area contributed by atoms with Gasteiger partial charge in [0.25, 0.3) is 5.91 Å². The summed E-state index contributed by atoms with van der Waals surface area (Å²) in [4.78, 5) is 16.4. The Labute approximate surface area is 226 Å². The van der Waals surface area contributed by atoms with Gasteiger partial charge in [-0.1, -0.05) is 48.0 Å². The Bertz CT molecular complexity index is 1400. The van der Waals surface area contributed by atoms with E-state index in [2.05, 4.69) is 10.6 Å². The van der Waals surface area contributed by atoms with E-state index in [1.165, 1.54) is 17.4 Å². The summed E-state index contributed by atoms with van der Waals surface area (Å²) in [6, 6.07) is 21.5. The van der Waals surface area contributed by atoms with Crippen LogP contribution in [0.25, 0.3) is 21.2 Å². The van der Waals surface area contributed by atoms with Crippen LogP contribution < -0.4 is 10.6 Å². The molecule has 0 radical (unpaired) electrons. The zero-order valence-corrected chi connectivity index (χ0v) is 22.6. The van der Waals surface area contributed by atoms with E-state index in [1.807, 2.05) is 73.6 Å². The summed E-state index contributed by atoms with van der Waals surface area (Å²) in [7, 11) is 3.86. The number of hydrogen-bond acceptors (Lipinski definition) is 4. The monoisotopic (exact) mass is 535 g/mol. The summed E-state index contributed by atoms with van der Waals surface area (Å²) in [5, 5.41) is 7.84. The average molecular weight is 536 g/mol. The van der Waals surface area contributed by atoms with Gasteiger partial charge >= 0.3 is 0 Å². The van der Waals surface area contributed by atoms with Gasteiger partial charge in [0, 0.05) is 47.0 Å². The van der Waals surface area contributed by atoms with Gasteiger partial charge < -0.3 is 15.5 Å². The van der Waals surface area contributed by atoms with E-state index in [-0.39, 0.29) is 24.3 Å². The van der Waals surface area contributed by atoms with E-state index in [0.29, 0.717) is 21.5 Å². The van der Waals surface area contributed by atoms with Crippen molar-refractivity contribution in [2.24, 2.45) is 0 Å². The van der Waals surface area contributed by atoms with Crippen LogP contribution in [0.3, 0.4) is 0 Å². The highest BCUT2D eigenvalue weighted by Crippen LogP contribution is 2.38. The van der Waals surface area contributed by atoms with Gasteiger partial charge in [-0.3, -0.25) is 4.79 Å². The molecule has 1 fully saturated rings. The van der Waals surface area contributed by atoms with Gasteiger partial charge in [0.1, 0.15) is 10.7 Å². The van der Waals surface area contributed by atoms with Gasteiger partial charge in [-0.25, -0.2) is 4.39 Å². The molecule has 0 bridgehead atoms. The van der Waals surface area contributed by atoms with Crippen molar-refractivity contribution in [2.75, 3.05) is 19.4 Å². The Hall–Kier alpha value is -2.93. The van der Waals surface area contributed by atoms with Crippen LogP contribution in [0.15, 0.2) is 66.7 Å². The number of nitrogens with one attached hydrogen (secondary N) is 2. The number of carbonyl (C=O) groups excluding carboxylic acids is 1. The lowest BCUT2D eigenvalue weighted by molar-refractivity contribution is 0.0604.